The van der Waals surface area contributed by atoms with Gasteiger partial charge in [0.2, 0.25) is 0 Å². The lowest BCUT2D eigenvalue weighted by Crippen LogP contribution is -2.15. The normalized spacial score (nSPS) is 10.5. The minimum absolute atomic E-state index is 0.422. The topological polar surface area (TPSA) is 83.6 Å². The van der Waals surface area contributed by atoms with Gasteiger partial charge in [-0.05, 0) is 24.3 Å². The molecule has 0 aliphatic rings. The van der Waals surface area contributed by atoms with Crippen LogP contribution in [0.15, 0.2) is 47.5 Å². The zero-order valence-electron chi connectivity index (χ0n) is 10.00. The van der Waals surface area contributed by atoms with Crippen LogP contribution in [0, 0.1) is 0 Å². The van der Waals surface area contributed by atoms with Gasteiger partial charge in [-0.2, -0.15) is 4.98 Å². The Morgan fingerprint density at radius 2 is 2.00 bits per heavy atom. The van der Waals surface area contributed by atoms with E-state index in [2.05, 4.69) is 25.3 Å². The molecule has 2 N–H and O–H groups in total. The molecule has 0 radical (unpaired) electrons. The lowest BCUT2D eigenvalue weighted by atomic mass is 10.3. The molecule has 19 heavy (non-hydrogen) atoms. The van der Waals surface area contributed by atoms with E-state index in [1.165, 1.54) is 0 Å². The molecule has 0 aliphatic heterocycles. The fourth-order valence-electron chi connectivity index (χ4n) is 1.80. The molecule has 94 valence electrons. The third kappa shape index (κ3) is 2.42. The first kappa shape index (κ1) is 11.3. The molecule has 0 unspecified atom stereocenters. The summed E-state index contributed by atoms with van der Waals surface area (Å²) in [5, 5.41) is 3.89. The fourth-order valence-corrected chi connectivity index (χ4v) is 1.80. The summed E-state index contributed by atoms with van der Waals surface area (Å²) < 4.78 is 0. The maximum Gasteiger partial charge on any atom is 0.348 e. The predicted molar refractivity (Wildman–Crippen MR) is 71.7 cm³/mol. The first-order valence-electron chi connectivity index (χ1n) is 5.82. The Kier molecular flexibility index (Phi) is 2.89. The van der Waals surface area contributed by atoms with Crippen LogP contribution in [-0.4, -0.2) is 19.9 Å². The molecule has 0 amide bonds. The van der Waals surface area contributed by atoms with Crippen molar-refractivity contribution in [2.75, 3.05) is 5.32 Å². The molecule has 0 saturated heterocycles. The zero-order chi connectivity index (χ0) is 13.1. The number of nitrogens with one attached hydrogen (secondary N) is 2. The Hall–Kier alpha value is -2.76. The Labute approximate surface area is 108 Å². The summed E-state index contributed by atoms with van der Waals surface area (Å²) in [6, 6.07) is 9.32. The van der Waals surface area contributed by atoms with Crippen molar-refractivity contribution >= 4 is 16.9 Å². The molecular formula is C13H11N5O. The molecule has 6 nitrogen and oxygen atoms in total. The van der Waals surface area contributed by atoms with E-state index in [4.69, 9.17) is 0 Å². The van der Waals surface area contributed by atoms with E-state index in [9.17, 15) is 4.79 Å². The van der Waals surface area contributed by atoms with Gasteiger partial charge in [0, 0.05) is 12.4 Å². The van der Waals surface area contributed by atoms with Crippen molar-refractivity contribution in [1.29, 1.82) is 0 Å². The third-order valence-corrected chi connectivity index (χ3v) is 2.66. The highest BCUT2D eigenvalue weighted by atomic mass is 16.1. The van der Waals surface area contributed by atoms with Crippen LogP contribution in [0.5, 0.6) is 0 Å². The van der Waals surface area contributed by atoms with E-state index in [-0.39, 0.29) is 0 Å². The number of fused-ring (bicyclic) bond motifs is 1. The second-order valence-corrected chi connectivity index (χ2v) is 3.96. The van der Waals surface area contributed by atoms with E-state index >= 15 is 0 Å². The quantitative estimate of drug-likeness (QED) is 0.735. The van der Waals surface area contributed by atoms with Gasteiger partial charge in [0.25, 0.3) is 0 Å². The number of H-pyrrole nitrogens is 1. The second kappa shape index (κ2) is 4.85. The summed E-state index contributed by atoms with van der Waals surface area (Å²) in [6.07, 6.45) is 3.35. The van der Waals surface area contributed by atoms with Gasteiger partial charge in [-0.15, -0.1) is 0 Å². The van der Waals surface area contributed by atoms with Gasteiger partial charge in [-0.25, -0.2) is 9.78 Å². The van der Waals surface area contributed by atoms with Gasteiger partial charge in [0.05, 0.1) is 17.6 Å². The molecule has 0 bridgehead atoms. The summed E-state index contributed by atoms with van der Waals surface area (Å²) >= 11 is 0. The lowest BCUT2D eigenvalue weighted by molar-refractivity contribution is 1.01. The van der Waals surface area contributed by atoms with Crippen molar-refractivity contribution < 1.29 is 0 Å². The summed E-state index contributed by atoms with van der Waals surface area (Å²) in [6.45, 7) is 0.501. The van der Waals surface area contributed by atoms with Gasteiger partial charge < -0.3 is 5.32 Å². The molecule has 0 aromatic carbocycles. The first-order valence-corrected chi connectivity index (χ1v) is 5.82. The summed E-state index contributed by atoms with van der Waals surface area (Å²) in [5.41, 5.74) is 0.974. The fraction of sp³-hybridized carbons (Fsp3) is 0.0769. The number of rotatable bonds is 3. The molecule has 0 atom stereocenters. The second-order valence-electron chi connectivity index (χ2n) is 3.96. The molecule has 0 saturated carbocycles. The van der Waals surface area contributed by atoms with E-state index in [1.54, 1.807) is 18.5 Å². The molecule has 3 aromatic rings. The maximum atomic E-state index is 11.5. The molecule has 3 aromatic heterocycles. The van der Waals surface area contributed by atoms with Gasteiger partial charge in [0.1, 0.15) is 11.5 Å². The van der Waals surface area contributed by atoms with Crippen LogP contribution in [0.25, 0.3) is 11.0 Å². The Morgan fingerprint density at radius 1 is 1.11 bits per heavy atom. The molecule has 3 heterocycles. The zero-order valence-corrected chi connectivity index (χ0v) is 10.00. The van der Waals surface area contributed by atoms with Crippen LogP contribution in [0.3, 0.4) is 0 Å². The SMILES string of the molecule is O=c1nc(NCc2ccccn2)c2cccnc2[nH]1. The maximum absolute atomic E-state index is 11.5. The summed E-state index contributed by atoms with van der Waals surface area (Å²) in [5.74, 6) is 0.512. The highest BCUT2D eigenvalue weighted by Crippen LogP contribution is 2.15. The number of anilines is 1. The molecular weight excluding hydrogens is 242 g/mol. The van der Waals surface area contributed by atoms with Crippen LogP contribution in [0.1, 0.15) is 5.69 Å². The van der Waals surface area contributed by atoms with Gasteiger partial charge in [-0.1, -0.05) is 6.07 Å². The van der Waals surface area contributed by atoms with Crippen molar-refractivity contribution in [1.82, 2.24) is 19.9 Å². The monoisotopic (exact) mass is 253 g/mol. The largest absolute Gasteiger partial charge is 0.364 e. The standard InChI is InChI=1S/C13H11N5O/c19-13-17-11-10(5-3-7-15-11)12(18-13)16-8-9-4-1-2-6-14-9/h1-7H,8H2,(H2,15,16,17,18,19). The number of nitrogens with zero attached hydrogens (tertiary/aromatic N) is 3. The Morgan fingerprint density at radius 3 is 2.84 bits per heavy atom. The first-order chi connectivity index (χ1) is 9.33. The molecule has 6 heteroatoms. The minimum Gasteiger partial charge on any atom is -0.364 e. The van der Waals surface area contributed by atoms with Crippen LogP contribution in [-0.2, 0) is 6.54 Å². The molecule has 0 spiro atoms. The number of hydrogen-bond acceptors (Lipinski definition) is 5. The van der Waals surface area contributed by atoms with Crippen LogP contribution in [0.2, 0.25) is 0 Å². The minimum atomic E-state index is -0.422. The van der Waals surface area contributed by atoms with E-state index in [1.807, 2.05) is 24.3 Å². The lowest BCUT2D eigenvalue weighted by Gasteiger charge is -2.07. The van der Waals surface area contributed by atoms with E-state index in [0.717, 1.165) is 11.1 Å². The van der Waals surface area contributed by atoms with E-state index < -0.39 is 5.69 Å². The van der Waals surface area contributed by atoms with Gasteiger partial charge in [0.15, 0.2) is 0 Å². The number of aromatic amines is 1. The van der Waals surface area contributed by atoms with Gasteiger partial charge >= 0.3 is 5.69 Å². The molecule has 0 aliphatic carbocycles. The van der Waals surface area contributed by atoms with Crippen LogP contribution in [0.4, 0.5) is 5.82 Å². The average molecular weight is 253 g/mol. The van der Waals surface area contributed by atoms with E-state index in [0.29, 0.717) is 18.0 Å². The smallest absolute Gasteiger partial charge is 0.348 e. The van der Waals surface area contributed by atoms with Gasteiger partial charge in [-0.3, -0.25) is 9.97 Å². The Balaban J connectivity index is 1.94. The van der Waals surface area contributed by atoms with Crippen molar-refractivity contribution in [3.8, 4) is 0 Å². The number of pyridine rings is 2. The third-order valence-electron chi connectivity index (χ3n) is 2.66. The summed E-state index contributed by atoms with van der Waals surface area (Å²) in [7, 11) is 0. The molecule has 0 fully saturated rings. The van der Waals surface area contributed by atoms with Crippen molar-refractivity contribution in [2.24, 2.45) is 0 Å². The van der Waals surface area contributed by atoms with Crippen molar-refractivity contribution in [3.05, 3.63) is 58.9 Å². The Bertz CT molecular complexity index is 754. The number of aromatic nitrogens is 4. The highest BCUT2D eigenvalue weighted by Gasteiger charge is 2.05. The summed E-state index contributed by atoms with van der Waals surface area (Å²) in [4.78, 5) is 26.3. The molecule has 3 rings (SSSR count). The van der Waals surface area contributed by atoms with Crippen molar-refractivity contribution in [3.63, 3.8) is 0 Å². The number of hydrogen-bond donors (Lipinski definition) is 2. The van der Waals surface area contributed by atoms with Crippen LogP contribution >= 0.6 is 0 Å². The van der Waals surface area contributed by atoms with Crippen molar-refractivity contribution in [2.45, 2.75) is 6.54 Å². The highest BCUT2D eigenvalue weighted by molar-refractivity contribution is 5.85. The van der Waals surface area contributed by atoms with Crippen LogP contribution < -0.4 is 11.0 Å². The average Bonchev–Trinajstić information content (AvgIpc) is 2.45. The predicted octanol–water partition coefficient (Wildman–Crippen LogP) is 1.33.